The number of anilines is 1. The first-order valence-corrected chi connectivity index (χ1v) is 8.95. The number of allylic oxidation sites excluding steroid dienone is 2. The maximum atomic E-state index is 13.2. The Labute approximate surface area is 146 Å². The first kappa shape index (κ1) is 13.4. The molecule has 25 heavy (non-hydrogen) atoms. The van der Waals surface area contributed by atoms with Crippen LogP contribution in [0.25, 0.3) is 10.8 Å². The van der Waals surface area contributed by atoms with Crippen LogP contribution in [0.2, 0.25) is 0 Å². The van der Waals surface area contributed by atoms with Crippen molar-refractivity contribution in [2.24, 2.45) is 5.92 Å². The van der Waals surface area contributed by atoms with Gasteiger partial charge in [-0.05, 0) is 46.4 Å². The Morgan fingerprint density at radius 2 is 1.76 bits per heavy atom. The van der Waals surface area contributed by atoms with E-state index in [4.69, 9.17) is 0 Å². The summed E-state index contributed by atoms with van der Waals surface area (Å²) in [7, 11) is 0. The van der Waals surface area contributed by atoms with Crippen LogP contribution in [-0.4, -0.2) is 5.91 Å². The minimum absolute atomic E-state index is 0.155. The Morgan fingerprint density at radius 3 is 2.72 bits per heavy atom. The molecule has 0 saturated carbocycles. The van der Waals surface area contributed by atoms with Crippen molar-refractivity contribution in [2.45, 2.75) is 18.4 Å². The summed E-state index contributed by atoms with van der Waals surface area (Å²) in [6.45, 7) is 0. The molecule has 1 aliphatic carbocycles. The van der Waals surface area contributed by atoms with Crippen LogP contribution in [0, 0.1) is 5.92 Å². The highest BCUT2D eigenvalue weighted by Gasteiger charge is 2.49. The Morgan fingerprint density at radius 1 is 0.920 bits per heavy atom. The van der Waals surface area contributed by atoms with Crippen molar-refractivity contribution in [3.05, 3.63) is 89.5 Å². The van der Waals surface area contributed by atoms with E-state index in [1.165, 1.54) is 21.9 Å². The Kier molecular flexibility index (Phi) is 2.47. The lowest BCUT2D eigenvalue weighted by atomic mass is 9.75. The molecular formula is C23H17NO. The molecule has 2 heterocycles. The molecule has 3 aromatic rings. The van der Waals surface area contributed by atoms with Crippen LogP contribution < -0.4 is 4.90 Å². The molecule has 6 rings (SSSR count). The number of amides is 1. The first-order valence-electron chi connectivity index (χ1n) is 8.95. The van der Waals surface area contributed by atoms with E-state index in [1.807, 2.05) is 12.1 Å². The Bertz CT molecular complexity index is 1080. The highest BCUT2D eigenvalue weighted by Crippen LogP contribution is 2.57. The van der Waals surface area contributed by atoms with E-state index in [9.17, 15) is 4.79 Å². The van der Waals surface area contributed by atoms with Crippen LogP contribution in [0.15, 0.2) is 72.8 Å². The van der Waals surface area contributed by atoms with Crippen molar-refractivity contribution in [1.29, 1.82) is 0 Å². The molecule has 1 amide bonds. The van der Waals surface area contributed by atoms with E-state index >= 15 is 0 Å². The minimum Gasteiger partial charge on any atom is -0.300 e. The molecular weight excluding hydrogens is 306 g/mol. The van der Waals surface area contributed by atoms with Gasteiger partial charge in [0.15, 0.2) is 0 Å². The monoisotopic (exact) mass is 323 g/mol. The number of benzene rings is 3. The zero-order chi connectivity index (χ0) is 16.5. The molecule has 120 valence electrons. The van der Waals surface area contributed by atoms with Crippen LogP contribution in [0.1, 0.15) is 39.9 Å². The number of carbonyl (C=O) groups excluding carboxylic acids is 1. The maximum absolute atomic E-state index is 13.2. The zero-order valence-corrected chi connectivity index (χ0v) is 13.7. The average molecular weight is 323 g/mol. The van der Waals surface area contributed by atoms with E-state index in [-0.39, 0.29) is 11.9 Å². The van der Waals surface area contributed by atoms with Crippen molar-refractivity contribution in [2.75, 3.05) is 4.90 Å². The summed E-state index contributed by atoms with van der Waals surface area (Å²) in [4.78, 5) is 15.3. The zero-order valence-electron chi connectivity index (χ0n) is 13.7. The summed E-state index contributed by atoms with van der Waals surface area (Å²) in [5.41, 5.74) is 4.50. The second kappa shape index (κ2) is 4.60. The minimum atomic E-state index is 0.155. The molecule has 2 aliphatic heterocycles. The number of fused-ring (bicyclic) bond motifs is 10. The summed E-state index contributed by atoms with van der Waals surface area (Å²) < 4.78 is 0. The van der Waals surface area contributed by atoms with Crippen LogP contribution in [-0.2, 0) is 0 Å². The van der Waals surface area contributed by atoms with E-state index in [0.717, 1.165) is 17.7 Å². The average Bonchev–Trinajstić information content (AvgIpc) is 3.25. The molecule has 0 radical (unpaired) electrons. The third kappa shape index (κ3) is 1.57. The van der Waals surface area contributed by atoms with E-state index in [2.05, 4.69) is 65.6 Å². The smallest absolute Gasteiger partial charge is 0.259 e. The van der Waals surface area contributed by atoms with Gasteiger partial charge in [-0.25, -0.2) is 0 Å². The lowest BCUT2D eigenvalue weighted by Crippen LogP contribution is -2.38. The third-order valence-corrected chi connectivity index (χ3v) is 6.17. The van der Waals surface area contributed by atoms with Crippen molar-refractivity contribution >= 4 is 22.4 Å². The van der Waals surface area contributed by atoms with E-state index in [1.54, 1.807) is 0 Å². The standard InChI is InChI=1S/C23H17NO/c25-23-19-9-4-3-8-18(19)22-17-11-5-10-16(17)21-15-7-2-1-6-14(15)12-13-20(21)24(22)23/h1-10,12-13,16-17,22H,11H2/t16-,17+,22-/m1/s1. The third-order valence-electron chi connectivity index (χ3n) is 6.17. The lowest BCUT2D eigenvalue weighted by Gasteiger charge is -2.41. The topological polar surface area (TPSA) is 20.3 Å². The second-order valence-electron chi connectivity index (χ2n) is 7.28. The van der Waals surface area contributed by atoms with Gasteiger partial charge < -0.3 is 4.90 Å². The Hall–Kier alpha value is -2.87. The summed E-state index contributed by atoms with van der Waals surface area (Å²) in [6.07, 6.45) is 5.70. The normalized spacial score (nSPS) is 25.7. The maximum Gasteiger partial charge on any atom is 0.259 e. The van der Waals surface area contributed by atoms with Crippen molar-refractivity contribution in [1.82, 2.24) is 0 Å². The van der Waals surface area contributed by atoms with Gasteiger partial charge >= 0.3 is 0 Å². The number of hydrogen-bond acceptors (Lipinski definition) is 1. The van der Waals surface area contributed by atoms with Gasteiger partial charge in [-0.1, -0.05) is 60.7 Å². The molecule has 0 saturated heterocycles. The summed E-state index contributed by atoms with van der Waals surface area (Å²) in [5.74, 6) is 0.981. The van der Waals surface area contributed by atoms with Gasteiger partial charge in [-0.15, -0.1) is 0 Å². The quantitative estimate of drug-likeness (QED) is 0.520. The molecule has 0 fully saturated rings. The Balaban J connectivity index is 1.69. The molecule has 2 heteroatoms. The second-order valence-corrected chi connectivity index (χ2v) is 7.28. The molecule has 2 nitrogen and oxygen atoms in total. The summed E-state index contributed by atoms with van der Waals surface area (Å²) >= 11 is 0. The van der Waals surface area contributed by atoms with E-state index < -0.39 is 0 Å². The van der Waals surface area contributed by atoms with Crippen molar-refractivity contribution in [3.8, 4) is 0 Å². The number of rotatable bonds is 0. The summed E-state index contributed by atoms with van der Waals surface area (Å²) in [5, 5.41) is 2.53. The number of nitrogens with zero attached hydrogens (tertiary/aromatic N) is 1. The fourth-order valence-electron chi connectivity index (χ4n) is 5.18. The summed E-state index contributed by atoms with van der Waals surface area (Å²) in [6, 6.07) is 21.2. The van der Waals surface area contributed by atoms with Crippen molar-refractivity contribution in [3.63, 3.8) is 0 Å². The van der Waals surface area contributed by atoms with Crippen LogP contribution in [0.5, 0.6) is 0 Å². The van der Waals surface area contributed by atoms with Gasteiger partial charge in [0.05, 0.1) is 6.04 Å². The van der Waals surface area contributed by atoms with Gasteiger partial charge in [0, 0.05) is 17.2 Å². The fraction of sp³-hybridized carbons (Fsp3) is 0.174. The fourth-order valence-corrected chi connectivity index (χ4v) is 5.18. The molecule has 0 N–H and O–H groups in total. The van der Waals surface area contributed by atoms with Gasteiger partial charge in [0.25, 0.3) is 5.91 Å². The lowest BCUT2D eigenvalue weighted by molar-refractivity contribution is 0.0981. The molecule has 3 atom stereocenters. The predicted octanol–water partition coefficient (Wildman–Crippen LogP) is 5.21. The van der Waals surface area contributed by atoms with Gasteiger partial charge in [-0.3, -0.25) is 4.79 Å². The SMILES string of the molecule is O=C1c2ccccc2[C@H]2[C@H]3CC=C[C@H]3c3c(ccc4ccccc34)N12. The van der Waals surface area contributed by atoms with E-state index in [0.29, 0.717) is 11.8 Å². The molecule has 3 aromatic carbocycles. The molecule has 0 spiro atoms. The molecule has 0 bridgehead atoms. The number of carbonyl (C=O) groups is 1. The van der Waals surface area contributed by atoms with Crippen LogP contribution >= 0.6 is 0 Å². The molecule has 0 unspecified atom stereocenters. The first-order chi connectivity index (χ1) is 12.3. The predicted molar refractivity (Wildman–Crippen MR) is 99.9 cm³/mol. The highest BCUT2D eigenvalue weighted by molar-refractivity contribution is 6.13. The van der Waals surface area contributed by atoms with Gasteiger partial charge in [-0.2, -0.15) is 0 Å². The van der Waals surface area contributed by atoms with Crippen LogP contribution in [0.3, 0.4) is 0 Å². The molecule has 3 aliphatic rings. The van der Waals surface area contributed by atoms with Gasteiger partial charge in [0.2, 0.25) is 0 Å². The van der Waals surface area contributed by atoms with Crippen LogP contribution in [0.4, 0.5) is 5.69 Å². The van der Waals surface area contributed by atoms with Gasteiger partial charge in [0.1, 0.15) is 0 Å². The molecule has 0 aromatic heterocycles. The number of hydrogen-bond donors (Lipinski definition) is 0. The van der Waals surface area contributed by atoms with Crippen molar-refractivity contribution < 1.29 is 4.79 Å². The highest BCUT2D eigenvalue weighted by atomic mass is 16.2. The largest absolute Gasteiger partial charge is 0.300 e.